The number of hydrogen-bond acceptors (Lipinski definition) is 3. The number of nitrogens with one attached hydrogen (secondary N) is 2. The lowest BCUT2D eigenvalue weighted by Crippen LogP contribution is -2.44. The van der Waals surface area contributed by atoms with Crippen molar-refractivity contribution < 1.29 is 4.74 Å². The molecule has 1 aromatic heterocycles. The quantitative estimate of drug-likeness (QED) is 0.315. The highest BCUT2D eigenvalue weighted by molar-refractivity contribution is 14.0. The number of hydrogen-bond donors (Lipinski definition) is 2. The Morgan fingerprint density at radius 1 is 1.28 bits per heavy atom. The Balaban J connectivity index is 0.00000300. The average Bonchev–Trinajstić information content (AvgIpc) is 3.38. The zero-order valence-corrected chi connectivity index (χ0v) is 20.1. The maximum atomic E-state index is 5.35. The van der Waals surface area contributed by atoms with Crippen LogP contribution in [-0.2, 0) is 11.3 Å². The number of ether oxygens (including phenoxy) is 1. The minimum Gasteiger partial charge on any atom is -0.385 e. The van der Waals surface area contributed by atoms with E-state index in [1.54, 1.807) is 7.11 Å². The van der Waals surface area contributed by atoms with Crippen molar-refractivity contribution in [2.75, 3.05) is 34.4 Å². The van der Waals surface area contributed by atoms with Crippen LogP contribution < -0.4 is 5.32 Å². The number of rotatable bonds is 8. The van der Waals surface area contributed by atoms with Gasteiger partial charge in [-0.3, -0.25) is 4.99 Å². The minimum atomic E-state index is 0. The molecule has 7 heteroatoms. The fourth-order valence-corrected chi connectivity index (χ4v) is 4.12. The second kappa shape index (κ2) is 11.5. The molecule has 1 aliphatic carbocycles. The first kappa shape index (κ1) is 23.7. The van der Waals surface area contributed by atoms with Crippen molar-refractivity contribution in [3.8, 4) is 11.3 Å². The van der Waals surface area contributed by atoms with Gasteiger partial charge in [-0.1, -0.05) is 43.2 Å². The summed E-state index contributed by atoms with van der Waals surface area (Å²) in [7, 11) is 5.68. The van der Waals surface area contributed by atoms with Crippen LogP contribution in [-0.4, -0.2) is 55.2 Å². The Kier molecular flexibility index (Phi) is 9.42. The highest BCUT2D eigenvalue weighted by atomic mass is 127. The average molecular weight is 511 g/mol. The van der Waals surface area contributed by atoms with Gasteiger partial charge in [-0.05, 0) is 30.2 Å². The molecule has 2 aromatic rings. The molecule has 0 spiro atoms. The molecule has 0 unspecified atom stereocenters. The van der Waals surface area contributed by atoms with Crippen LogP contribution in [0.2, 0.25) is 0 Å². The van der Waals surface area contributed by atoms with Crippen LogP contribution in [0.15, 0.2) is 41.5 Å². The van der Waals surface area contributed by atoms with Gasteiger partial charge in [0.05, 0.1) is 18.4 Å². The molecule has 0 bridgehead atoms. The monoisotopic (exact) mass is 511 g/mol. The molecular weight excluding hydrogens is 477 g/mol. The molecular formula is C22H34IN5O. The van der Waals surface area contributed by atoms with Gasteiger partial charge < -0.3 is 19.9 Å². The van der Waals surface area contributed by atoms with Crippen LogP contribution >= 0.6 is 24.0 Å². The van der Waals surface area contributed by atoms with Crippen LogP contribution in [0.3, 0.4) is 0 Å². The third-order valence-corrected chi connectivity index (χ3v) is 5.80. The summed E-state index contributed by atoms with van der Waals surface area (Å²) < 4.78 is 5.35. The van der Waals surface area contributed by atoms with E-state index in [1.165, 1.54) is 25.7 Å². The predicted molar refractivity (Wildman–Crippen MR) is 130 cm³/mol. The molecule has 0 atom stereocenters. The number of imidazole rings is 1. The van der Waals surface area contributed by atoms with E-state index in [4.69, 9.17) is 4.74 Å². The first-order valence-corrected chi connectivity index (χ1v) is 10.2. The Morgan fingerprint density at radius 2 is 2.00 bits per heavy atom. The summed E-state index contributed by atoms with van der Waals surface area (Å²) in [6.45, 7) is 2.45. The van der Waals surface area contributed by atoms with Crippen molar-refractivity contribution in [3.63, 3.8) is 0 Å². The third kappa shape index (κ3) is 6.44. The standard InChI is InChI=1S/C22H33N5O.HI/c1-23-21(25-17-22(13-14-28-3)11-7-8-12-22)27(2)16-20-24-15-19(26-20)18-9-5-4-6-10-18;/h4-6,9-10,15H,7-8,11-14,16-17H2,1-3H3,(H,23,25)(H,24,26);1H. The molecule has 0 amide bonds. The number of guanidine groups is 1. The molecule has 2 N–H and O–H groups in total. The number of aliphatic imine (C=N–C) groups is 1. The number of H-pyrrole nitrogens is 1. The van der Waals surface area contributed by atoms with Crippen LogP contribution in [0, 0.1) is 5.41 Å². The van der Waals surface area contributed by atoms with Gasteiger partial charge in [0, 0.05) is 34.4 Å². The van der Waals surface area contributed by atoms with E-state index in [0.29, 0.717) is 12.0 Å². The summed E-state index contributed by atoms with van der Waals surface area (Å²) in [6.07, 6.45) is 8.16. The Morgan fingerprint density at radius 3 is 2.66 bits per heavy atom. The van der Waals surface area contributed by atoms with Gasteiger partial charge in [-0.15, -0.1) is 24.0 Å². The topological polar surface area (TPSA) is 65.5 Å². The number of aromatic amines is 1. The Labute approximate surface area is 191 Å². The highest BCUT2D eigenvalue weighted by Gasteiger charge is 2.33. The van der Waals surface area contributed by atoms with Gasteiger partial charge >= 0.3 is 0 Å². The van der Waals surface area contributed by atoms with Crippen LogP contribution in [0.5, 0.6) is 0 Å². The van der Waals surface area contributed by atoms with Crippen molar-refractivity contribution >= 4 is 29.9 Å². The molecule has 160 valence electrons. The van der Waals surface area contributed by atoms with E-state index in [2.05, 4.69) is 44.4 Å². The lowest BCUT2D eigenvalue weighted by Gasteiger charge is -2.31. The van der Waals surface area contributed by atoms with Gasteiger partial charge in [0.25, 0.3) is 0 Å². The molecule has 0 aliphatic heterocycles. The molecule has 1 saturated carbocycles. The van der Waals surface area contributed by atoms with Crippen molar-refractivity contribution in [2.24, 2.45) is 10.4 Å². The fourth-order valence-electron chi connectivity index (χ4n) is 4.12. The molecule has 0 saturated heterocycles. The molecule has 3 rings (SSSR count). The van der Waals surface area contributed by atoms with Gasteiger partial charge in [0.2, 0.25) is 0 Å². The van der Waals surface area contributed by atoms with E-state index in [0.717, 1.165) is 42.6 Å². The fraction of sp³-hybridized carbons (Fsp3) is 0.545. The Hall–Kier alpha value is -1.61. The summed E-state index contributed by atoms with van der Waals surface area (Å²) in [5.74, 6) is 1.83. The van der Waals surface area contributed by atoms with Gasteiger partial charge in [0.15, 0.2) is 5.96 Å². The lowest BCUT2D eigenvalue weighted by molar-refractivity contribution is 0.138. The molecule has 29 heavy (non-hydrogen) atoms. The summed E-state index contributed by atoms with van der Waals surface area (Å²) in [5.41, 5.74) is 2.52. The number of methoxy groups -OCH3 is 1. The summed E-state index contributed by atoms with van der Waals surface area (Å²) in [5, 5.41) is 3.60. The maximum Gasteiger partial charge on any atom is 0.193 e. The normalized spacial score (nSPS) is 15.8. The molecule has 1 aliphatic rings. The zero-order chi connectivity index (χ0) is 19.8. The van der Waals surface area contributed by atoms with Crippen LogP contribution in [0.1, 0.15) is 37.9 Å². The summed E-state index contributed by atoms with van der Waals surface area (Å²) >= 11 is 0. The van der Waals surface area contributed by atoms with Gasteiger partial charge in [-0.25, -0.2) is 4.98 Å². The molecule has 1 fully saturated rings. The van der Waals surface area contributed by atoms with Crippen molar-refractivity contribution in [3.05, 3.63) is 42.4 Å². The number of nitrogens with zero attached hydrogens (tertiary/aromatic N) is 3. The molecule has 0 radical (unpaired) electrons. The van der Waals surface area contributed by atoms with Crippen molar-refractivity contribution in [1.29, 1.82) is 0 Å². The predicted octanol–water partition coefficient (Wildman–Crippen LogP) is 4.30. The summed E-state index contributed by atoms with van der Waals surface area (Å²) in [6, 6.07) is 10.3. The smallest absolute Gasteiger partial charge is 0.193 e. The van der Waals surface area contributed by atoms with Crippen LogP contribution in [0.25, 0.3) is 11.3 Å². The maximum absolute atomic E-state index is 5.35. The zero-order valence-electron chi connectivity index (χ0n) is 17.8. The van der Waals surface area contributed by atoms with E-state index < -0.39 is 0 Å². The van der Waals surface area contributed by atoms with Crippen molar-refractivity contribution in [2.45, 2.75) is 38.6 Å². The summed E-state index contributed by atoms with van der Waals surface area (Å²) in [4.78, 5) is 14.6. The second-order valence-electron chi connectivity index (χ2n) is 7.82. The number of benzene rings is 1. The van der Waals surface area contributed by atoms with Gasteiger partial charge in [0.1, 0.15) is 5.82 Å². The number of aromatic nitrogens is 2. The highest BCUT2D eigenvalue weighted by Crippen LogP contribution is 2.40. The first-order valence-electron chi connectivity index (χ1n) is 10.2. The Bertz CT molecular complexity index is 756. The van der Waals surface area contributed by atoms with Crippen molar-refractivity contribution in [1.82, 2.24) is 20.2 Å². The van der Waals surface area contributed by atoms with E-state index in [9.17, 15) is 0 Å². The molecule has 1 heterocycles. The van der Waals surface area contributed by atoms with Crippen LogP contribution in [0.4, 0.5) is 0 Å². The minimum absolute atomic E-state index is 0. The molecule has 6 nitrogen and oxygen atoms in total. The number of halogens is 1. The second-order valence-corrected chi connectivity index (χ2v) is 7.82. The third-order valence-electron chi connectivity index (χ3n) is 5.80. The van der Waals surface area contributed by atoms with E-state index in [1.807, 2.05) is 31.4 Å². The molecule has 1 aromatic carbocycles. The van der Waals surface area contributed by atoms with E-state index in [-0.39, 0.29) is 24.0 Å². The van der Waals surface area contributed by atoms with Gasteiger partial charge in [-0.2, -0.15) is 0 Å². The largest absolute Gasteiger partial charge is 0.385 e. The van der Waals surface area contributed by atoms with E-state index >= 15 is 0 Å². The first-order chi connectivity index (χ1) is 13.7. The lowest BCUT2D eigenvalue weighted by atomic mass is 9.83. The SMILES string of the molecule is CN=C(NCC1(CCOC)CCCC1)N(C)Cc1ncc(-c2ccccc2)[nH]1.I.